The molecule has 0 saturated heterocycles. The molecule has 1 aromatic carbocycles. The van der Waals surface area contributed by atoms with E-state index in [1.807, 2.05) is 33.2 Å². The molecule has 15 heavy (non-hydrogen) atoms. The topological polar surface area (TPSA) is 16.1 Å². The highest BCUT2D eigenvalue weighted by atomic mass is 35.5. The first-order valence-corrected chi connectivity index (χ1v) is 5.20. The Morgan fingerprint density at radius 1 is 1.20 bits per heavy atom. The van der Waals surface area contributed by atoms with Crippen molar-refractivity contribution in [2.45, 2.75) is 6.92 Å². The zero-order chi connectivity index (χ0) is 11.0. The van der Waals surface area contributed by atoms with E-state index < -0.39 is 0 Å². The van der Waals surface area contributed by atoms with Gasteiger partial charge in [-0.3, -0.25) is 0 Å². The molecule has 0 atom stereocenters. The van der Waals surface area contributed by atoms with E-state index in [2.05, 4.69) is 22.0 Å². The van der Waals surface area contributed by atoms with Gasteiger partial charge in [-0.25, -0.2) is 4.98 Å². The van der Waals surface area contributed by atoms with Crippen LogP contribution < -0.4 is 4.90 Å². The summed E-state index contributed by atoms with van der Waals surface area (Å²) < 4.78 is 0. The van der Waals surface area contributed by atoms with Gasteiger partial charge in [0.15, 0.2) is 0 Å². The molecule has 0 unspecified atom stereocenters. The molecule has 2 rings (SSSR count). The van der Waals surface area contributed by atoms with Crippen LogP contribution in [0.2, 0.25) is 5.15 Å². The number of rotatable bonds is 1. The predicted molar refractivity (Wildman–Crippen MR) is 65.8 cm³/mol. The maximum Gasteiger partial charge on any atom is 0.130 e. The van der Waals surface area contributed by atoms with E-state index in [-0.39, 0.29) is 0 Å². The Morgan fingerprint density at radius 2 is 1.93 bits per heavy atom. The summed E-state index contributed by atoms with van der Waals surface area (Å²) in [4.78, 5) is 6.37. The minimum absolute atomic E-state index is 0.552. The van der Waals surface area contributed by atoms with Crippen molar-refractivity contribution < 1.29 is 0 Å². The van der Waals surface area contributed by atoms with Crippen molar-refractivity contribution >= 4 is 28.2 Å². The van der Waals surface area contributed by atoms with Gasteiger partial charge in [0.1, 0.15) is 5.15 Å². The lowest BCUT2D eigenvalue weighted by atomic mass is 10.1. The van der Waals surface area contributed by atoms with Gasteiger partial charge < -0.3 is 4.90 Å². The number of hydrogen-bond donors (Lipinski definition) is 0. The molecule has 0 N–H and O–H groups in total. The van der Waals surface area contributed by atoms with E-state index in [0.29, 0.717) is 5.15 Å². The van der Waals surface area contributed by atoms with E-state index in [1.165, 1.54) is 0 Å². The predicted octanol–water partition coefficient (Wildman–Crippen LogP) is 3.26. The molecule has 0 radical (unpaired) electrons. The second-order valence-corrected chi connectivity index (χ2v) is 4.25. The molecule has 2 aromatic rings. The maximum absolute atomic E-state index is 5.93. The fourth-order valence-corrected chi connectivity index (χ4v) is 1.88. The fourth-order valence-electron chi connectivity index (χ4n) is 1.63. The minimum Gasteiger partial charge on any atom is -0.378 e. The van der Waals surface area contributed by atoms with E-state index in [4.69, 9.17) is 11.6 Å². The SMILES string of the molecule is Cc1cc(Cl)nc2cc(N(C)C)ccc12. The summed E-state index contributed by atoms with van der Waals surface area (Å²) in [6.45, 7) is 2.05. The van der Waals surface area contributed by atoms with Crippen molar-refractivity contribution in [1.82, 2.24) is 4.98 Å². The second-order valence-electron chi connectivity index (χ2n) is 3.86. The Kier molecular flexibility index (Phi) is 2.53. The molecule has 0 aliphatic heterocycles. The number of pyridine rings is 1. The fraction of sp³-hybridized carbons (Fsp3) is 0.250. The Bertz CT molecular complexity index is 506. The van der Waals surface area contributed by atoms with Crippen LogP contribution in [0.15, 0.2) is 24.3 Å². The molecule has 1 heterocycles. The number of benzene rings is 1. The minimum atomic E-state index is 0.552. The summed E-state index contributed by atoms with van der Waals surface area (Å²) in [7, 11) is 4.02. The van der Waals surface area contributed by atoms with Crippen molar-refractivity contribution in [2.75, 3.05) is 19.0 Å². The van der Waals surface area contributed by atoms with Gasteiger partial charge in [0.2, 0.25) is 0 Å². The number of aromatic nitrogens is 1. The van der Waals surface area contributed by atoms with Crippen LogP contribution >= 0.6 is 11.6 Å². The van der Waals surface area contributed by atoms with Crippen molar-refractivity contribution in [3.05, 3.63) is 35.0 Å². The number of halogens is 1. The third-order valence-corrected chi connectivity index (χ3v) is 2.68. The lowest BCUT2D eigenvalue weighted by Crippen LogP contribution is -2.08. The number of nitrogens with zero attached hydrogens (tertiary/aromatic N) is 2. The molecular formula is C12H13ClN2. The molecular weight excluding hydrogens is 208 g/mol. The summed E-state index contributed by atoms with van der Waals surface area (Å²) in [6, 6.07) is 8.11. The number of anilines is 1. The van der Waals surface area contributed by atoms with Gasteiger partial charge in [-0.15, -0.1) is 0 Å². The summed E-state index contributed by atoms with van der Waals surface area (Å²) in [5, 5.41) is 1.71. The zero-order valence-electron chi connectivity index (χ0n) is 9.08. The van der Waals surface area contributed by atoms with Crippen LogP contribution in [0.1, 0.15) is 5.56 Å². The zero-order valence-corrected chi connectivity index (χ0v) is 9.84. The summed E-state index contributed by atoms with van der Waals surface area (Å²) in [5.74, 6) is 0. The van der Waals surface area contributed by atoms with Crippen LogP contribution in [0.25, 0.3) is 10.9 Å². The summed E-state index contributed by atoms with van der Waals surface area (Å²) in [5.41, 5.74) is 3.25. The molecule has 1 aromatic heterocycles. The Balaban J connectivity index is 2.71. The Labute approximate surface area is 94.5 Å². The molecule has 0 spiro atoms. The first-order valence-electron chi connectivity index (χ1n) is 4.82. The average molecular weight is 221 g/mol. The lowest BCUT2D eigenvalue weighted by molar-refractivity contribution is 1.13. The van der Waals surface area contributed by atoms with Crippen molar-refractivity contribution in [2.24, 2.45) is 0 Å². The molecule has 2 nitrogen and oxygen atoms in total. The van der Waals surface area contributed by atoms with Gasteiger partial charge in [0, 0.05) is 25.2 Å². The van der Waals surface area contributed by atoms with E-state index >= 15 is 0 Å². The van der Waals surface area contributed by atoms with Crippen molar-refractivity contribution in [3.8, 4) is 0 Å². The quantitative estimate of drug-likeness (QED) is 0.686. The number of fused-ring (bicyclic) bond motifs is 1. The van der Waals surface area contributed by atoms with Gasteiger partial charge >= 0.3 is 0 Å². The molecule has 3 heteroatoms. The first kappa shape index (κ1) is 10.2. The molecule has 0 bridgehead atoms. The van der Waals surface area contributed by atoms with Crippen LogP contribution in [0, 0.1) is 6.92 Å². The first-order chi connectivity index (χ1) is 7.08. The van der Waals surface area contributed by atoms with E-state index in [0.717, 1.165) is 22.2 Å². The van der Waals surface area contributed by atoms with E-state index in [9.17, 15) is 0 Å². The van der Waals surface area contributed by atoms with Gasteiger partial charge in [-0.05, 0) is 30.7 Å². The Morgan fingerprint density at radius 3 is 2.60 bits per heavy atom. The smallest absolute Gasteiger partial charge is 0.130 e. The van der Waals surface area contributed by atoms with Crippen molar-refractivity contribution in [1.29, 1.82) is 0 Å². The van der Waals surface area contributed by atoms with Crippen LogP contribution in [0.5, 0.6) is 0 Å². The second kappa shape index (κ2) is 3.70. The van der Waals surface area contributed by atoms with Crippen LogP contribution in [-0.2, 0) is 0 Å². The molecule has 0 amide bonds. The third kappa shape index (κ3) is 1.90. The standard InChI is InChI=1S/C12H13ClN2/c1-8-6-12(13)14-11-7-9(15(2)3)4-5-10(8)11/h4-7H,1-3H3. The monoisotopic (exact) mass is 220 g/mol. The van der Waals surface area contributed by atoms with Crippen LogP contribution in [0.3, 0.4) is 0 Å². The highest BCUT2D eigenvalue weighted by molar-refractivity contribution is 6.29. The lowest BCUT2D eigenvalue weighted by Gasteiger charge is -2.13. The van der Waals surface area contributed by atoms with Gasteiger partial charge in [0.05, 0.1) is 5.52 Å². The highest BCUT2D eigenvalue weighted by Crippen LogP contribution is 2.24. The molecule has 0 fully saturated rings. The van der Waals surface area contributed by atoms with Crippen molar-refractivity contribution in [3.63, 3.8) is 0 Å². The third-order valence-electron chi connectivity index (χ3n) is 2.49. The Hall–Kier alpha value is -1.28. The largest absolute Gasteiger partial charge is 0.378 e. The summed E-state index contributed by atoms with van der Waals surface area (Å²) in [6.07, 6.45) is 0. The maximum atomic E-state index is 5.93. The number of aryl methyl sites for hydroxylation is 1. The highest BCUT2D eigenvalue weighted by Gasteiger charge is 2.03. The van der Waals surface area contributed by atoms with Gasteiger partial charge in [-0.1, -0.05) is 17.7 Å². The molecule has 0 saturated carbocycles. The van der Waals surface area contributed by atoms with Gasteiger partial charge in [0.25, 0.3) is 0 Å². The summed E-state index contributed by atoms with van der Waals surface area (Å²) >= 11 is 5.93. The van der Waals surface area contributed by atoms with E-state index in [1.54, 1.807) is 0 Å². The van der Waals surface area contributed by atoms with Crippen LogP contribution in [0.4, 0.5) is 5.69 Å². The average Bonchev–Trinajstić information content (AvgIpc) is 2.16. The molecule has 0 aliphatic carbocycles. The number of hydrogen-bond acceptors (Lipinski definition) is 2. The van der Waals surface area contributed by atoms with Gasteiger partial charge in [-0.2, -0.15) is 0 Å². The molecule has 0 aliphatic rings. The molecule has 78 valence electrons. The van der Waals surface area contributed by atoms with Crippen LogP contribution in [-0.4, -0.2) is 19.1 Å². The normalized spacial score (nSPS) is 10.7.